The zero-order valence-corrected chi connectivity index (χ0v) is 11.5. The molecule has 0 saturated heterocycles. The highest BCUT2D eigenvalue weighted by Crippen LogP contribution is 2.20. The van der Waals surface area contributed by atoms with Crippen molar-refractivity contribution in [2.45, 2.75) is 32.9 Å². The minimum Gasteiger partial charge on any atom is -0.306 e. The number of halogens is 1. The maximum Gasteiger partial charge on any atom is 0.127 e. The highest BCUT2D eigenvalue weighted by Gasteiger charge is 2.12. The zero-order valence-electron chi connectivity index (χ0n) is 11.5. The molecule has 2 heteroatoms. The van der Waals surface area contributed by atoms with Crippen molar-refractivity contribution in [1.82, 2.24) is 5.32 Å². The first kappa shape index (κ1) is 13.8. The van der Waals surface area contributed by atoms with Crippen LogP contribution in [0.15, 0.2) is 48.5 Å². The van der Waals surface area contributed by atoms with E-state index in [-0.39, 0.29) is 11.9 Å². The Morgan fingerprint density at radius 3 is 2.42 bits per heavy atom. The van der Waals surface area contributed by atoms with Crippen LogP contribution in [0, 0.1) is 12.7 Å². The molecular weight excluding hydrogens is 237 g/mol. The third kappa shape index (κ3) is 3.42. The van der Waals surface area contributed by atoms with Crippen LogP contribution >= 0.6 is 0 Å². The molecule has 0 heterocycles. The molecule has 0 amide bonds. The van der Waals surface area contributed by atoms with E-state index in [1.807, 2.05) is 24.3 Å². The van der Waals surface area contributed by atoms with Gasteiger partial charge >= 0.3 is 0 Å². The summed E-state index contributed by atoms with van der Waals surface area (Å²) in [6.07, 6.45) is 0.868. The highest BCUT2D eigenvalue weighted by atomic mass is 19.1. The Labute approximate surface area is 114 Å². The fraction of sp³-hybridized carbons (Fsp3) is 0.294. The lowest BCUT2D eigenvalue weighted by molar-refractivity contribution is 0.487. The molecule has 0 aliphatic heterocycles. The van der Waals surface area contributed by atoms with Crippen LogP contribution in [0.4, 0.5) is 4.39 Å². The van der Waals surface area contributed by atoms with E-state index in [1.165, 1.54) is 17.2 Å². The van der Waals surface area contributed by atoms with Crippen molar-refractivity contribution in [2.24, 2.45) is 0 Å². The molecule has 1 atom stereocenters. The van der Waals surface area contributed by atoms with Gasteiger partial charge in [0, 0.05) is 18.2 Å². The predicted octanol–water partition coefficient (Wildman–Crippen LogP) is 4.38. The molecule has 100 valence electrons. The fourth-order valence-corrected chi connectivity index (χ4v) is 2.27. The van der Waals surface area contributed by atoms with E-state index < -0.39 is 0 Å². The SMILES string of the molecule is CCC(NCc1ccccc1C)c1ccccc1F. The van der Waals surface area contributed by atoms with Crippen molar-refractivity contribution < 1.29 is 4.39 Å². The quantitative estimate of drug-likeness (QED) is 0.838. The van der Waals surface area contributed by atoms with Crippen LogP contribution in [-0.2, 0) is 6.54 Å². The minimum atomic E-state index is -0.133. The van der Waals surface area contributed by atoms with Gasteiger partial charge in [0.1, 0.15) is 5.82 Å². The predicted molar refractivity (Wildman–Crippen MR) is 77.5 cm³/mol. The van der Waals surface area contributed by atoms with Crippen molar-refractivity contribution >= 4 is 0 Å². The van der Waals surface area contributed by atoms with E-state index in [9.17, 15) is 4.39 Å². The van der Waals surface area contributed by atoms with Crippen molar-refractivity contribution in [2.75, 3.05) is 0 Å². The summed E-state index contributed by atoms with van der Waals surface area (Å²) < 4.78 is 13.8. The van der Waals surface area contributed by atoms with Crippen molar-refractivity contribution in [3.05, 3.63) is 71.0 Å². The number of hydrogen-bond donors (Lipinski definition) is 1. The Balaban J connectivity index is 2.09. The average molecular weight is 257 g/mol. The molecule has 0 fully saturated rings. The average Bonchev–Trinajstić information content (AvgIpc) is 2.43. The number of hydrogen-bond acceptors (Lipinski definition) is 1. The number of nitrogens with one attached hydrogen (secondary N) is 1. The molecule has 0 aliphatic rings. The van der Waals surface area contributed by atoms with Gasteiger partial charge in [0.25, 0.3) is 0 Å². The molecule has 2 rings (SSSR count). The van der Waals surface area contributed by atoms with Gasteiger partial charge in [-0.1, -0.05) is 49.4 Å². The Morgan fingerprint density at radius 1 is 1.05 bits per heavy atom. The van der Waals surface area contributed by atoms with Gasteiger partial charge in [0.05, 0.1) is 0 Å². The second kappa shape index (κ2) is 6.48. The van der Waals surface area contributed by atoms with E-state index in [4.69, 9.17) is 0 Å². The van der Waals surface area contributed by atoms with Crippen molar-refractivity contribution in [1.29, 1.82) is 0 Å². The van der Waals surface area contributed by atoms with Crippen molar-refractivity contribution in [3.63, 3.8) is 0 Å². The van der Waals surface area contributed by atoms with Crippen molar-refractivity contribution in [3.8, 4) is 0 Å². The fourth-order valence-electron chi connectivity index (χ4n) is 2.27. The van der Waals surface area contributed by atoms with Crippen LogP contribution in [-0.4, -0.2) is 0 Å². The summed E-state index contributed by atoms with van der Waals surface area (Å²) in [7, 11) is 0. The molecule has 0 saturated carbocycles. The van der Waals surface area contributed by atoms with Gasteiger partial charge < -0.3 is 5.32 Å². The molecule has 2 aromatic carbocycles. The van der Waals surface area contributed by atoms with Crippen LogP contribution in [0.3, 0.4) is 0 Å². The summed E-state index contributed by atoms with van der Waals surface area (Å²) >= 11 is 0. The highest BCUT2D eigenvalue weighted by molar-refractivity contribution is 5.26. The van der Waals surface area contributed by atoms with E-state index in [1.54, 1.807) is 6.07 Å². The third-order valence-corrected chi connectivity index (χ3v) is 3.49. The molecule has 1 nitrogen and oxygen atoms in total. The molecule has 1 unspecified atom stereocenters. The lowest BCUT2D eigenvalue weighted by Crippen LogP contribution is -2.21. The maximum absolute atomic E-state index is 13.8. The molecule has 0 aromatic heterocycles. The summed E-state index contributed by atoms with van der Waals surface area (Å²) in [6.45, 7) is 4.93. The second-order valence-corrected chi connectivity index (χ2v) is 4.79. The molecule has 1 N–H and O–H groups in total. The summed E-state index contributed by atoms with van der Waals surface area (Å²) in [6, 6.07) is 15.3. The summed E-state index contributed by atoms with van der Waals surface area (Å²) in [5.74, 6) is -0.133. The first-order chi connectivity index (χ1) is 9.22. The molecule has 0 aliphatic carbocycles. The lowest BCUT2D eigenvalue weighted by atomic mass is 10.0. The largest absolute Gasteiger partial charge is 0.306 e. The van der Waals surface area contributed by atoms with Gasteiger partial charge in [-0.3, -0.25) is 0 Å². The third-order valence-electron chi connectivity index (χ3n) is 3.49. The smallest absolute Gasteiger partial charge is 0.127 e. The Kier molecular flexibility index (Phi) is 4.69. The van der Waals surface area contributed by atoms with E-state index in [0.29, 0.717) is 0 Å². The van der Waals surface area contributed by atoms with Gasteiger partial charge in [-0.15, -0.1) is 0 Å². The van der Waals surface area contributed by atoms with Crippen LogP contribution in [0.25, 0.3) is 0 Å². The van der Waals surface area contributed by atoms with Crippen LogP contribution < -0.4 is 5.32 Å². The van der Waals surface area contributed by atoms with E-state index >= 15 is 0 Å². The van der Waals surface area contributed by atoms with E-state index in [2.05, 4.69) is 31.3 Å². The first-order valence-corrected chi connectivity index (χ1v) is 6.74. The topological polar surface area (TPSA) is 12.0 Å². The Bertz CT molecular complexity index is 536. The second-order valence-electron chi connectivity index (χ2n) is 4.79. The first-order valence-electron chi connectivity index (χ1n) is 6.74. The van der Waals surface area contributed by atoms with Gasteiger partial charge in [0.2, 0.25) is 0 Å². The van der Waals surface area contributed by atoms with Gasteiger partial charge in [-0.2, -0.15) is 0 Å². The molecule has 0 bridgehead atoms. The standard InChI is InChI=1S/C17H20FN/c1-3-17(15-10-6-7-11-16(15)18)19-12-14-9-5-4-8-13(14)2/h4-11,17,19H,3,12H2,1-2H3. The molecule has 2 aromatic rings. The number of rotatable bonds is 5. The monoisotopic (exact) mass is 257 g/mol. The van der Waals surface area contributed by atoms with Gasteiger partial charge in [0.15, 0.2) is 0 Å². The number of benzene rings is 2. The van der Waals surface area contributed by atoms with Crippen LogP contribution in [0.5, 0.6) is 0 Å². The minimum absolute atomic E-state index is 0.0563. The maximum atomic E-state index is 13.8. The zero-order chi connectivity index (χ0) is 13.7. The number of aryl methyl sites for hydroxylation is 1. The Morgan fingerprint density at radius 2 is 1.74 bits per heavy atom. The molecular formula is C17H20FN. The normalized spacial score (nSPS) is 12.4. The molecule has 0 spiro atoms. The lowest BCUT2D eigenvalue weighted by Gasteiger charge is -2.18. The van der Waals surface area contributed by atoms with Crippen LogP contribution in [0.1, 0.15) is 36.1 Å². The molecule has 19 heavy (non-hydrogen) atoms. The summed E-state index contributed by atoms with van der Waals surface area (Å²) in [5.41, 5.74) is 3.27. The van der Waals surface area contributed by atoms with Gasteiger partial charge in [-0.25, -0.2) is 4.39 Å². The van der Waals surface area contributed by atoms with Crippen LogP contribution in [0.2, 0.25) is 0 Å². The summed E-state index contributed by atoms with van der Waals surface area (Å²) in [5, 5.41) is 3.44. The Hall–Kier alpha value is -1.67. The van der Waals surface area contributed by atoms with E-state index in [0.717, 1.165) is 18.5 Å². The van der Waals surface area contributed by atoms with Gasteiger partial charge in [-0.05, 0) is 30.5 Å². The molecule has 0 radical (unpaired) electrons. The summed E-state index contributed by atoms with van der Waals surface area (Å²) in [4.78, 5) is 0.